The summed E-state index contributed by atoms with van der Waals surface area (Å²) in [4.78, 5) is 0. The highest BCUT2D eigenvalue weighted by atomic mass is 32.2. The molecular formula is C12H18N2O2S2. The number of nitrogen functional groups attached to an aromatic ring is 1. The van der Waals surface area contributed by atoms with Crippen molar-refractivity contribution in [2.75, 3.05) is 30.3 Å². The first-order valence-electron chi connectivity index (χ1n) is 5.98. The Hall–Kier alpha value is -0.720. The van der Waals surface area contributed by atoms with Crippen molar-refractivity contribution in [2.45, 2.75) is 12.2 Å². The van der Waals surface area contributed by atoms with Gasteiger partial charge in [0, 0.05) is 24.5 Å². The molecule has 1 fully saturated rings. The molecule has 0 unspecified atom stereocenters. The molecular weight excluding hydrogens is 268 g/mol. The lowest BCUT2D eigenvalue weighted by Crippen LogP contribution is -2.33. The molecule has 0 spiro atoms. The van der Waals surface area contributed by atoms with E-state index < -0.39 is 10.0 Å². The van der Waals surface area contributed by atoms with Crippen LogP contribution in [-0.2, 0) is 15.8 Å². The predicted octanol–water partition coefficient (Wildman–Crippen LogP) is 1.54. The summed E-state index contributed by atoms with van der Waals surface area (Å²) in [6.07, 6.45) is 0.936. The maximum atomic E-state index is 12.3. The second kappa shape index (κ2) is 5.95. The fourth-order valence-corrected chi connectivity index (χ4v) is 4.49. The smallest absolute Gasteiger partial charge is 0.218 e. The fourth-order valence-electron chi connectivity index (χ4n) is 1.92. The average Bonchev–Trinajstić information content (AvgIpc) is 2.61. The van der Waals surface area contributed by atoms with Crippen LogP contribution in [0.25, 0.3) is 0 Å². The molecule has 1 aliphatic rings. The van der Waals surface area contributed by atoms with E-state index in [9.17, 15) is 8.42 Å². The van der Waals surface area contributed by atoms with Crippen LogP contribution in [-0.4, -0.2) is 37.3 Å². The molecule has 6 heteroatoms. The molecule has 1 aromatic carbocycles. The van der Waals surface area contributed by atoms with Gasteiger partial charge in [-0.15, -0.1) is 0 Å². The molecule has 2 rings (SSSR count). The molecule has 1 saturated heterocycles. The number of anilines is 1. The third kappa shape index (κ3) is 3.63. The Bertz CT molecular complexity index is 477. The lowest BCUT2D eigenvalue weighted by Gasteiger charge is -2.19. The molecule has 0 aromatic heterocycles. The van der Waals surface area contributed by atoms with Crippen molar-refractivity contribution in [2.24, 2.45) is 0 Å². The van der Waals surface area contributed by atoms with Gasteiger partial charge in [0.1, 0.15) is 0 Å². The molecule has 0 bridgehead atoms. The number of hydrogen-bond donors (Lipinski definition) is 1. The van der Waals surface area contributed by atoms with Crippen molar-refractivity contribution in [1.29, 1.82) is 0 Å². The van der Waals surface area contributed by atoms with Gasteiger partial charge in [-0.05, 0) is 29.9 Å². The summed E-state index contributed by atoms with van der Waals surface area (Å²) in [6.45, 7) is 1.27. The van der Waals surface area contributed by atoms with Crippen molar-refractivity contribution in [3.05, 3.63) is 29.8 Å². The molecule has 1 heterocycles. The van der Waals surface area contributed by atoms with E-state index in [0.717, 1.165) is 23.5 Å². The van der Waals surface area contributed by atoms with E-state index >= 15 is 0 Å². The number of nitrogens with two attached hydrogens (primary N) is 1. The number of hydrogen-bond acceptors (Lipinski definition) is 4. The molecule has 0 atom stereocenters. The number of thioether (sulfide) groups is 1. The molecule has 100 valence electrons. The minimum atomic E-state index is -3.19. The Morgan fingerprint density at radius 3 is 2.61 bits per heavy atom. The van der Waals surface area contributed by atoms with Crippen molar-refractivity contribution in [3.63, 3.8) is 0 Å². The van der Waals surface area contributed by atoms with Gasteiger partial charge in [-0.25, -0.2) is 12.7 Å². The third-order valence-corrected chi connectivity index (χ3v) is 5.80. The summed E-state index contributed by atoms with van der Waals surface area (Å²) in [5.41, 5.74) is 7.04. The van der Waals surface area contributed by atoms with E-state index in [0.29, 0.717) is 18.8 Å². The van der Waals surface area contributed by atoms with Crippen LogP contribution in [0.4, 0.5) is 5.69 Å². The SMILES string of the molecule is Nc1ccc(CS(=O)(=O)N2CCCSCC2)cc1. The van der Waals surface area contributed by atoms with Crippen LogP contribution in [0.5, 0.6) is 0 Å². The lowest BCUT2D eigenvalue weighted by molar-refractivity contribution is 0.434. The molecule has 18 heavy (non-hydrogen) atoms. The standard InChI is InChI=1S/C12H18N2O2S2/c13-12-4-2-11(3-5-12)10-18(15,16)14-6-1-8-17-9-7-14/h2-5H,1,6-10,13H2. The third-order valence-electron chi connectivity index (χ3n) is 2.90. The zero-order valence-electron chi connectivity index (χ0n) is 10.2. The zero-order valence-corrected chi connectivity index (χ0v) is 11.8. The van der Waals surface area contributed by atoms with Crippen LogP contribution in [0, 0.1) is 0 Å². The van der Waals surface area contributed by atoms with Gasteiger partial charge in [0.05, 0.1) is 5.75 Å². The van der Waals surface area contributed by atoms with Gasteiger partial charge in [-0.1, -0.05) is 12.1 Å². The maximum absolute atomic E-state index is 12.3. The van der Waals surface area contributed by atoms with E-state index in [1.54, 1.807) is 28.6 Å². The van der Waals surface area contributed by atoms with E-state index in [4.69, 9.17) is 5.73 Å². The quantitative estimate of drug-likeness (QED) is 0.856. The minimum absolute atomic E-state index is 0.0674. The minimum Gasteiger partial charge on any atom is -0.399 e. The fraction of sp³-hybridized carbons (Fsp3) is 0.500. The van der Waals surface area contributed by atoms with Crippen LogP contribution < -0.4 is 5.73 Å². The van der Waals surface area contributed by atoms with E-state index in [-0.39, 0.29) is 5.75 Å². The Labute approximate surface area is 113 Å². The van der Waals surface area contributed by atoms with Gasteiger partial charge in [-0.3, -0.25) is 0 Å². The predicted molar refractivity (Wildman–Crippen MR) is 77.0 cm³/mol. The molecule has 2 N–H and O–H groups in total. The van der Waals surface area contributed by atoms with Crippen LogP contribution in [0.3, 0.4) is 0 Å². The number of nitrogens with zero attached hydrogens (tertiary/aromatic N) is 1. The van der Waals surface area contributed by atoms with E-state index in [1.807, 2.05) is 11.8 Å². The summed E-state index contributed by atoms with van der Waals surface area (Å²) < 4.78 is 26.2. The normalized spacial score (nSPS) is 18.4. The molecule has 0 saturated carbocycles. The highest BCUT2D eigenvalue weighted by molar-refractivity contribution is 7.99. The monoisotopic (exact) mass is 286 g/mol. The number of sulfonamides is 1. The Balaban J connectivity index is 2.08. The summed E-state index contributed by atoms with van der Waals surface area (Å²) in [6, 6.07) is 7.03. The first-order chi connectivity index (χ1) is 8.58. The summed E-state index contributed by atoms with van der Waals surface area (Å²) in [5.74, 6) is 2.01. The Kier molecular flexibility index (Phi) is 4.53. The van der Waals surface area contributed by atoms with Crippen molar-refractivity contribution >= 4 is 27.5 Å². The maximum Gasteiger partial charge on any atom is 0.218 e. The highest BCUT2D eigenvalue weighted by Gasteiger charge is 2.23. The van der Waals surface area contributed by atoms with Crippen LogP contribution in [0.1, 0.15) is 12.0 Å². The topological polar surface area (TPSA) is 63.4 Å². The van der Waals surface area contributed by atoms with Gasteiger partial charge >= 0.3 is 0 Å². The molecule has 0 aliphatic carbocycles. The molecule has 1 aliphatic heterocycles. The van der Waals surface area contributed by atoms with Gasteiger partial charge in [0.2, 0.25) is 10.0 Å². The van der Waals surface area contributed by atoms with Gasteiger partial charge in [-0.2, -0.15) is 11.8 Å². The summed E-state index contributed by atoms with van der Waals surface area (Å²) in [7, 11) is -3.19. The number of benzene rings is 1. The molecule has 0 amide bonds. The zero-order chi connectivity index (χ0) is 13.0. The number of rotatable bonds is 3. The van der Waals surface area contributed by atoms with Crippen LogP contribution in [0.15, 0.2) is 24.3 Å². The summed E-state index contributed by atoms with van der Waals surface area (Å²) in [5, 5.41) is 0. The van der Waals surface area contributed by atoms with E-state index in [1.165, 1.54) is 0 Å². The Morgan fingerprint density at radius 1 is 1.17 bits per heavy atom. The molecule has 1 aromatic rings. The first-order valence-corrected chi connectivity index (χ1v) is 8.74. The van der Waals surface area contributed by atoms with Crippen molar-refractivity contribution in [1.82, 2.24) is 4.31 Å². The van der Waals surface area contributed by atoms with Gasteiger partial charge in [0.25, 0.3) is 0 Å². The van der Waals surface area contributed by atoms with Gasteiger partial charge < -0.3 is 5.73 Å². The van der Waals surface area contributed by atoms with Gasteiger partial charge in [0.15, 0.2) is 0 Å². The first kappa shape index (κ1) is 13.7. The second-order valence-corrected chi connectivity index (χ2v) is 7.56. The molecule has 0 radical (unpaired) electrons. The van der Waals surface area contributed by atoms with Crippen LogP contribution in [0.2, 0.25) is 0 Å². The lowest BCUT2D eigenvalue weighted by atomic mass is 10.2. The second-order valence-electron chi connectivity index (χ2n) is 4.36. The average molecular weight is 286 g/mol. The van der Waals surface area contributed by atoms with Crippen LogP contribution >= 0.6 is 11.8 Å². The summed E-state index contributed by atoms with van der Waals surface area (Å²) >= 11 is 1.82. The largest absolute Gasteiger partial charge is 0.399 e. The molecule has 4 nitrogen and oxygen atoms in total. The Morgan fingerprint density at radius 2 is 1.89 bits per heavy atom. The van der Waals surface area contributed by atoms with Crippen molar-refractivity contribution < 1.29 is 8.42 Å². The highest BCUT2D eigenvalue weighted by Crippen LogP contribution is 2.17. The van der Waals surface area contributed by atoms with Crippen molar-refractivity contribution in [3.8, 4) is 0 Å². The van der Waals surface area contributed by atoms with E-state index in [2.05, 4.69) is 0 Å².